The largest absolute Gasteiger partial charge is 0.493 e. The van der Waals surface area contributed by atoms with Crippen LogP contribution in [-0.4, -0.2) is 41.3 Å². The van der Waals surface area contributed by atoms with Crippen LogP contribution in [-0.2, 0) is 16.4 Å². The molecule has 0 spiro atoms. The minimum absolute atomic E-state index is 0.166. The van der Waals surface area contributed by atoms with Crippen LogP contribution in [0.1, 0.15) is 35.3 Å². The van der Waals surface area contributed by atoms with Crippen LogP contribution in [0.3, 0.4) is 0 Å². The van der Waals surface area contributed by atoms with Gasteiger partial charge in [0, 0.05) is 18.3 Å². The number of amides is 1. The standard InChI is InChI=1S/C21H28N2O5S/c1-7-15-11-9-10-14(3)20(15)22-21(24)16-12-18(27-4)19(28-5)13-17(16)23(8-2)29(6,25)26/h9-13H,7-8H2,1-6H3,(H,22,24). The van der Waals surface area contributed by atoms with Crippen LogP contribution in [0.5, 0.6) is 11.5 Å². The quantitative estimate of drug-likeness (QED) is 0.705. The molecule has 2 aromatic rings. The van der Waals surface area contributed by atoms with Gasteiger partial charge < -0.3 is 14.8 Å². The number of para-hydroxylation sites is 1. The van der Waals surface area contributed by atoms with Crippen molar-refractivity contribution in [3.63, 3.8) is 0 Å². The first-order chi connectivity index (χ1) is 13.7. The summed E-state index contributed by atoms with van der Waals surface area (Å²) in [5.74, 6) is 0.254. The maximum atomic E-state index is 13.2. The van der Waals surface area contributed by atoms with Gasteiger partial charge in [-0.3, -0.25) is 9.10 Å². The highest BCUT2D eigenvalue weighted by Crippen LogP contribution is 2.37. The van der Waals surface area contributed by atoms with Crippen LogP contribution in [0.25, 0.3) is 0 Å². The molecule has 1 N–H and O–H groups in total. The SMILES string of the molecule is CCc1cccc(C)c1NC(=O)c1cc(OC)c(OC)cc1N(CC)S(C)(=O)=O. The van der Waals surface area contributed by atoms with Crippen LogP contribution in [0, 0.1) is 6.92 Å². The summed E-state index contributed by atoms with van der Waals surface area (Å²) in [6.07, 6.45) is 1.85. The van der Waals surface area contributed by atoms with E-state index in [-0.39, 0.29) is 17.8 Å². The Morgan fingerprint density at radius 1 is 1.10 bits per heavy atom. The van der Waals surface area contributed by atoms with Crippen LogP contribution in [0.15, 0.2) is 30.3 Å². The van der Waals surface area contributed by atoms with Gasteiger partial charge >= 0.3 is 0 Å². The summed E-state index contributed by atoms with van der Waals surface area (Å²) in [5, 5.41) is 2.95. The molecule has 0 fully saturated rings. The molecule has 2 aromatic carbocycles. The summed E-state index contributed by atoms with van der Waals surface area (Å²) in [5.41, 5.74) is 3.06. The van der Waals surface area contributed by atoms with E-state index in [1.807, 2.05) is 32.0 Å². The van der Waals surface area contributed by atoms with Crippen molar-refractivity contribution in [2.75, 3.05) is 36.6 Å². The number of hydrogen-bond acceptors (Lipinski definition) is 5. The Kier molecular flexibility index (Phi) is 7.13. The molecule has 8 heteroatoms. The van der Waals surface area contributed by atoms with Gasteiger partial charge in [-0.05, 0) is 37.5 Å². The smallest absolute Gasteiger partial charge is 0.257 e. The highest BCUT2D eigenvalue weighted by Gasteiger charge is 2.25. The van der Waals surface area contributed by atoms with Crippen molar-refractivity contribution in [2.45, 2.75) is 27.2 Å². The van der Waals surface area contributed by atoms with Crippen molar-refractivity contribution in [1.82, 2.24) is 0 Å². The Morgan fingerprint density at radius 2 is 1.72 bits per heavy atom. The van der Waals surface area contributed by atoms with Gasteiger partial charge in [-0.2, -0.15) is 0 Å². The third kappa shape index (κ3) is 4.82. The Hall–Kier alpha value is -2.74. The third-order valence-electron chi connectivity index (χ3n) is 4.68. The molecule has 0 aliphatic rings. The first-order valence-corrected chi connectivity index (χ1v) is 11.2. The number of sulfonamides is 1. The Labute approximate surface area is 172 Å². The van der Waals surface area contributed by atoms with Crippen molar-refractivity contribution < 1.29 is 22.7 Å². The number of aryl methyl sites for hydroxylation is 2. The molecule has 2 rings (SSSR count). The number of carbonyl (C=O) groups is 1. The van der Waals surface area contributed by atoms with Gasteiger partial charge in [-0.15, -0.1) is 0 Å². The summed E-state index contributed by atoms with van der Waals surface area (Å²) in [7, 11) is -0.686. The van der Waals surface area contributed by atoms with E-state index in [0.717, 1.165) is 29.5 Å². The van der Waals surface area contributed by atoms with Gasteiger partial charge in [0.05, 0.1) is 31.7 Å². The summed E-state index contributed by atoms with van der Waals surface area (Å²) < 4.78 is 36.5. The number of anilines is 2. The lowest BCUT2D eigenvalue weighted by Gasteiger charge is -2.25. The van der Waals surface area contributed by atoms with Crippen LogP contribution < -0.4 is 19.1 Å². The summed E-state index contributed by atoms with van der Waals surface area (Å²) in [6.45, 7) is 5.79. The van der Waals surface area contributed by atoms with E-state index in [4.69, 9.17) is 9.47 Å². The molecular weight excluding hydrogens is 392 g/mol. The predicted octanol–water partition coefficient (Wildman–Crippen LogP) is 3.61. The lowest BCUT2D eigenvalue weighted by atomic mass is 10.0. The molecule has 0 aliphatic heterocycles. The average Bonchev–Trinajstić information content (AvgIpc) is 2.68. The molecule has 7 nitrogen and oxygen atoms in total. The lowest BCUT2D eigenvalue weighted by molar-refractivity contribution is 0.102. The topological polar surface area (TPSA) is 84.9 Å². The van der Waals surface area contributed by atoms with E-state index in [2.05, 4.69) is 5.32 Å². The van der Waals surface area contributed by atoms with Gasteiger partial charge in [0.15, 0.2) is 11.5 Å². The van der Waals surface area contributed by atoms with Gasteiger partial charge in [0.1, 0.15) is 0 Å². The normalized spacial score (nSPS) is 11.1. The second kappa shape index (κ2) is 9.17. The van der Waals surface area contributed by atoms with E-state index in [1.54, 1.807) is 6.92 Å². The lowest BCUT2D eigenvalue weighted by Crippen LogP contribution is -2.31. The Balaban J connectivity index is 2.65. The molecule has 0 unspecified atom stereocenters. The van der Waals surface area contributed by atoms with E-state index in [0.29, 0.717) is 11.5 Å². The molecule has 29 heavy (non-hydrogen) atoms. The Bertz CT molecular complexity index is 1000. The molecular formula is C21H28N2O5S. The zero-order chi connectivity index (χ0) is 21.8. The molecule has 0 atom stereocenters. The second-order valence-electron chi connectivity index (χ2n) is 6.57. The summed E-state index contributed by atoms with van der Waals surface area (Å²) in [4.78, 5) is 13.2. The minimum Gasteiger partial charge on any atom is -0.493 e. The highest BCUT2D eigenvalue weighted by atomic mass is 32.2. The monoisotopic (exact) mass is 420 g/mol. The van der Waals surface area contributed by atoms with Gasteiger partial charge in [0.25, 0.3) is 5.91 Å². The van der Waals surface area contributed by atoms with Crippen molar-refractivity contribution in [2.24, 2.45) is 0 Å². The van der Waals surface area contributed by atoms with Crippen molar-refractivity contribution in [1.29, 1.82) is 0 Å². The van der Waals surface area contributed by atoms with Crippen molar-refractivity contribution in [3.8, 4) is 11.5 Å². The predicted molar refractivity (Wildman–Crippen MR) is 116 cm³/mol. The average molecular weight is 421 g/mol. The molecule has 0 saturated heterocycles. The van der Waals surface area contributed by atoms with Crippen LogP contribution in [0.4, 0.5) is 11.4 Å². The first-order valence-electron chi connectivity index (χ1n) is 9.31. The number of nitrogens with zero attached hydrogens (tertiary/aromatic N) is 1. The number of hydrogen-bond donors (Lipinski definition) is 1. The van der Waals surface area contributed by atoms with E-state index < -0.39 is 15.9 Å². The number of carbonyl (C=O) groups excluding carboxylic acids is 1. The molecule has 0 bridgehead atoms. The number of benzene rings is 2. The molecule has 0 aromatic heterocycles. The van der Waals surface area contributed by atoms with Gasteiger partial charge in [-0.1, -0.05) is 25.1 Å². The molecule has 158 valence electrons. The zero-order valence-electron chi connectivity index (χ0n) is 17.7. The van der Waals surface area contributed by atoms with Crippen LogP contribution >= 0.6 is 0 Å². The molecule has 0 aliphatic carbocycles. The fourth-order valence-electron chi connectivity index (χ4n) is 3.22. The summed E-state index contributed by atoms with van der Waals surface area (Å²) in [6, 6.07) is 8.82. The zero-order valence-corrected chi connectivity index (χ0v) is 18.5. The minimum atomic E-state index is -3.61. The molecule has 0 heterocycles. The van der Waals surface area contributed by atoms with Crippen molar-refractivity contribution >= 4 is 27.3 Å². The number of methoxy groups -OCH3 is 2. The number of nitrogens with one attached hydrogen (secondary N) is 1. The van der Waals surface area contributed by atoms with Crippen molar-refractivity contribution in [3.05, 3.63) is 47.0 Å². The number of ether oxygens (including phenoxy) is 2. The maximum Gasteiger partial charge on any atom is 0.257 e. The second-order valence-corrected chi connectivity index (χ2v) is 8.48. The van der Waals surface area contributed by atoms with E-state index in [9.17, 15) is 13.2 Å². The summed E-state index contributed by atoms with van der Waals surface area (Å²) >= 11 is 0. The molecule has 1 amide bonds. The highest BCUT2D eigenvalue weighted by molar-refractivity contribution is 7.92. The maximum absolute atomic E-state index is 13.2. The van der Waals surface area contributed by atoms with Gasteiger partial charge in [-0.25, -0.2) is 8.42 Å². The van der Waals surface area contributed by atoms with E-state index in [1.165, 1.54) is 30.7 Å². The molecule has 0 radical (unpaired) electrons. The fraction of sp³-hybridized carbons (Fsp3) is 0.381. The Morgan fingerprint density at radius 3 is 2.24 bits per heavy atom. The third-order valence-corrected chi connectivity index (χ3v) is 5.94. The van der Waals surface area contributed by atoms with E-state index >= 15 is 0 Å². The first kappa shape index (κ1) is 22.5. The van der Waals surface area contributed by atoms with Gasteiger partial charge in [0.2, 0.25) is 10.0 Å². The fourth-order valence-corrected chi connectivity index (χ4v) is 4.20. The molecule has 0 saturated carbocycles. The van der Waals surface area contributed by atoms with Crippen LogP contribution in [0.2, 0.25) is 0 Å². The number of rotatable bonds is 8.